The molecule has 0 aliphatic rings. The average Bonchev–Trinajstić information content (AvgIpc) is 2.07. The molecule has 0 unspecified atom stereocenters. The number of nitrogens with two attached hydrogens (primary N) is 1. The molecule has 0 heterocycles. The van der Waals surface area contributed by atoms with E-state index in [1.54, 1.807) is 0 Å². The predicted molar refractivity (Wildman–Crippen MR) is 44.5 cm³/mol. The van der Waals surface area contributed by atoms with Crippen molar-refractivity contribution in [1.29, 1.82) is 5.26 Å². The van der Waals surface area contributed by atoms with Gasteiger partial charge in [0.1, 0.15) is 0 Å². The number of rotatable bonds is 3. The van der Waals surface area contributed by atoms with E-state index in [1.807, 2.05) is 0 Å². The van der Waals surface area contributed by atoms with Crippen LogP contribution < -0.4 is 5.73 Å². The van der Waals surface area contributed by atoms with Crippen molar-refractivity contribution >= 4 is 0 Å². The highest BCUT2D eigenvalue weighted by molar-refractivity contribution is 4.77. The summed E-state index contributed by atoms with van der Waals surface area (Å²) in [6.45, 7) is 9.94. The molecule has 60 valence electrons. The molecule has 0 aromatic rings. The Hall–Kier alpha value is -0.550. The first-order valence-electron chi connectivity index (χ1n) is 3.73. The largest absolute Gasteiger partial charge is 0.325 e. The second kappa shape index (κ2) is 6.57. The number of nitrogens with zero attached hydrogens (tertiary/aromatic N) is 1. The van der Waals surface area contributed by atoms with Gasteiger partial charge in [0.25, 0.3) is 0 Å². The summed E-state index contributed by atoms with van der Waals surface area (Å²) < 4.78 is 0. The van der Waals surface area contributed by atoms with Crippen LogP contribution in [0, 0.1) is 11.8 Å². The first-order chi connectivity index (χ1) is 4.68. The second-order valence-corrected chi connectivity index (χ2v) is 2.42. The molecular formula is C8H18N2. The zero-order chi connectivity index (χ0) is 8.62. The zero-order valence-electron chi connectivity index (χ0n) is 7.22. The molecule has 0 rings (SSSR count). The molecule has 2 N–H and O–H groups in total. The minimum absolute atomic E-state index is 0.125. The van der Waals surface area contributed by atoms with E-state index in [0.717, 1.165) is 19.3 Å². The van der Waals surface area contributed by atoms with E-state index in [4.69, 9.17) is 11.0 Å². The monoisotopic (exact) mass is 142 g/mol. The molecule has 0 saturated heterocycles. The number of hydrogen-bond acceptors (Lipinski definition) is 2. The highest BCUT2D eigenvalue weighted by Crippen LogP contribution is 2.14. The molecule has 0 fully saturated rings. The van der Waals surface area contributed by atoms with Gasteiger partial charge in [-0.3, -0.25) is 0 Å². The molecule has 0 spiro atoms. The van der Waals surface area contributed by atoms with Gasteiger partial charge >= 0.3 is 0 Å². The zero-order valence-corrected chi connectivity index (χ0v) is 7.22. The quantitative estimate of drug-likeness (QED) is 0.655. The van der Waals surface area contributed by atoms with Crippen molar-refractivity contribution in [2.24, 2.45) is 5.73 Å². The van der Waals surface area contributed by atoms with E-state index in [0.29, 0.717) is 0 Å². The summed E-state index contributed by atoms with van der Waals surface area (Å²) in [6.07, 6.45) is 3.29. The minimum atomic E-state index is 0.125. The van der Waals surface area contributed by atoms with Gasteiger partial charge in [-0.15, -0.1) is 0 Å². The van der Waals surface area contributed by atoms with Gasteiger partial charge in [-0.05, 0) is 19.3 Å². The molecule has 0 aliphatic carbocycles. The summed E-state index contributed by atoms with van der Waals surface area (Å²) in [6, 6.07) is 0. The molecule has 0 aromatic carbocycles. The molecule has 0 aliphatic heterocycles. The summed E-state index contributed by atoms with van der Waals surface area (Å²) in [5.41, 5.74) is 6.02. The molecule has 2 nitrogen and oxygen atoms in total. The van der Waals surface area contributed by atoms with Crippen LogP contribution in [0.4, 0.5) is 0 Å². The van der Waals surface area contributed by atoms with E-state index in [9.17, 15) is 0 Å². The Morgan fingerprint density at radius 3 is 1.30 bits per heavy atom. The van der Waals surface area contributed by atoms with Crippen molar-refractivity contribution < 1.29 is 0 Å². The van der Waals surface area contributed by atoms with Crippen LogP contribution in [0.2, 0.25) is 0 Å². The van der Waals surface area contributed by atoms with Gasteiger partial charge in [0, 0.05) is 12.1 Å². The molecule has 0 radical (unpaired) electrons. The number of nitriles is 1. The summed E-state index contributed by atoms with van der Waals surface area (Å²) in [7, 11) is 0. The van der Waals surface area contributed by atoms with Crippen LogP contribution >= 0.6 is 0 Å². The van der Waals surface area contributed by atoms with E-state index in [1.165, 1.54) is 0 Å². The molecule has 2 heteroatoms. The van der Waals surface area contributed by atoms with Gasteiger partial charge in [-0.25, -0.2) is 5.26 Å². The van der Waals surface area contributed by atoms with Crippen LogP contribution in [0.25, 0.3) is 0 Å². The Morgan fingerprint density at radius 2 is 1.30 bits per heavy atom. The highest BCUT2D eigenvalue weighted by atomic mass is 14.7. The van der Waals surface area contributed by atoms with Crippen LogP contribution in [0.1, 0.15) is 40.0 Å². The van der Waals surface area contributed by atoms with Crippen molar-refractivity contribution in [2.45, 2.75) is 45.6 Å². The van der Waals surface area contributed by atoms with Crippen molar-refractivity contribution in [1.82, 2.24) is 0 Å². The lowest BCUT2D eigenvalue weighted by atomic mass is 9.92. The first kappa shape index (κ1) is 12.2. The van der Waals surface area contributed by atoms with E-state index < -0.39 is 0 Å². The van der Waals surface area contributed by atoms with E-state index >= 15 is 0 Å². The smallest absolute Gasteiger partial charge is 0.0462 e. The number of hydrogen-bond donors (Lipinski definition) is 1. The van der Waals surface area contributed by atoms with Crippen LogP contribution in [0.3, 0.4) is 0 Å². The third-order valence-electron chi connectivity index (χ3n) is 2.11. The Balaban J connectivity index is 0. The topological polar surface area (TPSA) is 49.8 Å². The van der Waals surface area contributed by atoms with Crippen molar-refractivity contribution in [2.75, 3.05) is 0 Å². The fourth-order valence-corrected chi connectivity index (χ4v) is 0.750. The molecule has 0 saturated carbocycles. The Bertz CT molecular complexity index is 74.2. The average molecular weight is 142 g/mol. The third kappa shape index (κ3) is 4.34. The Morgan fingerprint density at radius 1 is 1.10 bits per heavy atom. The highest BCUT2D eigenvalue weighted by Gasteiger charge is 2.15. The molecular weight excluding hydrogens is 124 g/mol. The predicted octanol–water partition coefficient (Wildman–Crippen LogP) is 2.05. The van der Waals surface area contributed by atoms with Crippen LogP contribution in [-0.4, -0.2) is 5.54 Å². The fourth-order valence-electron chi connectivity index (χ4n) is 0.750. The van der Waals surface area contributed by atoms with Gasteiger partial charge in [-0.2, -0.15) is 0 Å². The standard InChI is InChI=1S/C7H17N.CHN/c1-4-7(8,5-2)6-3;1-2/h4-6,8H2,1-3H3;1H. The van der Waals surface area contributed by atoms with Gasteiger partial charge in [-0.1, -0.05) is 20.8 Å². The van der Waals surface area contributed by atoms with Gasteiger partial charge in [0.05, 0.1) is 0 Å². The lowest BCUT2D eigenvalue weighted by Crippen LogP contribution is -2.37. The first-order valence-corrected chi connectivity index (χ1v) is 3.73. The van der Waals surface area contributed by atoms with Gasteiger partial charge in [0.15, 0.2) is 0 Å². The lowest BCUT2D eigenvalue weighted by Gasteiger charge is -2.23. The normalized spacial score (nSPS) is 9.80. The molecule has 0 aromatic heterocycles. The molecule has 0 atom stereocenters. The van der Waals surface area contributed by atoms with Crippen molar-refractivity contribution in [3.63, 3.8) is 0 Å². The second-order valence-electron chi connectivity index (χ2n) is 2.42. The van der Waals surface area contributed by atoms with E-state index in [2.05, 4.69) is 27.3 Å². The summed E-state index contributed by atoms with van der Waals surface area (Å²) in [4.78, 5) is 0. The SMILES string of the molecule is C#N.CCC(N)(CC)CC. The van der Waals surface area contributed by atoms with Crippen LogP contribution in [-0.2, 0) is 0 Å². The van der Waals surface area contributed by atoms with Gasteiger partial charge in [0.2, 0.25) is 0 Å². The fraction of sp³-hybridized carbons (Fsp3) is 0.875. The molecule has 10 heavy (non-hydrogen) atoms. The molecule has 0 bridgehead atoms. The van der Waals surface area contributed by atoms with Crippen molar-refractivity contribution in [3.8, 4) is 6.57 Å². The van der Waals surface area contributed by atoms with E-state index in [-0.39, 0.29) is 5.54 Å². The third-order valence-corrected chi connectivity index (χ3v) is 2.11. The van der Waals surface area contributed by atoms with Crippen LogP contribution in [0.5, 0.6) is 0 Å². The maximum absolute atomic E-state index is 6.50. The summed E-state index contributed by atoms with van der Waals surface area (Å²) in [5, 5.41) is 6.50. The Labute approximate surface area is 64.0 Å². The van der Waals surface area contributed by atoms with Gasteiger partial charge < -0.3 is 5.73 Å². The molecule has 0 amide bonds. The maximum atomic E-state index is 6.50. The lowest BCUT2D eigenvalue weighted by molar-refractivity contribution is 0.383. The minimum Gasteiger partial charge on any atom is -0.325 e. The summed E-state index contributed by atoms with van der Waals surface area (Å²) in [5.74, 6) is 0. The van der Waals surface area contributed by atoms with Crippen molar-refractivity contribution in [3.05, 3.63) is 0 Å². The Kier molecular flexibility index (Phi) is 7.99. The summed E-state index contributed by atoms with van der Waals surface area (Å²) >= 11 is 0. The maximum Gasteiger partial charge on any atom is 0.0462 e. The van der Waals surface area contributed by atoms with Crippen LogP contribution in [0.15, 0.2) is 0 Å².